The maximum Gasteiger partial charge on any atom is 0.341 e. The molecule has 5 nitrogen and oxygen atoms in total. The predicted molar refractivity (Wildman–Crippen MR) is 111 cm³/mol. The number of carbonyl (C=O) groups is 2. The summed E-state index contributed by atoms with van der Waals surface area (Å²) in [5, 5.41) is 3.55. The lowest BCUT2D eigenvalue weighted by atomic mass is 9.88. The highest BCUT2D eigenvalue weighted by Crippen LogP contribution is 2.40. The molecule has 1 N–H and O–H groups in total. The van der Waals surface area contributed by atoms with E-state index in [0.29, 0.717) is 35.9 Å². The van der Waals surface area contributed by atoms with E-state index in [1.807, 2.05) is 31.2 Å². The molecule has 1 aliphatic rings. The molecule has 0 bridgehead atoms. The Morgan fingerprint density at radius 3 is 2.82 bits per heavy atom. The lowest BCUT2D eigenvalue weighted by Gasteiger charge is -2.18. The number of benzene rings is 1. The molecular weight excluding hydrogens is 374 g/mol. The number of fused-ring (bicyclic) bond motifs is 1. The molecule has 0 aliphatic heterocycles. The summed E-state index contributed by atoms with van der Waals surface area (Å²) >= 11 is 1.51. The maximum absolute atomic E-state index is 12.4. The van der Waals surface area contributed by atoms with Gasteiger partial charge in [-0.05, 0) is 55.7 Å². The van der Waals surface area contributed by atoms with Crippen LogP contribution in [0.15, 0.2) is 24.3 Å². The Morgan fingerprint density at radius 2 is 2.07 bits per heavy atom. The molecule has 1 atom stereocenters. The van der Waals surface area contributed by atoms with Crippen molar-refractivity contribution in [1.29, 1.82) is 0 Å². The van der Waals surface area contributed by atoms with Gasteiger partial charge < -0.3 is 14.8 Å². The number of esters is 1. The van der Waals surface area contributed by atoms with E-state index in [1.54, 1.807) is 0 Å². The molecule has 1 aliphatic carbocycles. The molecule has 0 saturated heterocycles. The molecule has 0 fully saturated rings. The molecule has 0 radical (unpaired) electrons. The van der Waals surface area contributed by atoms with Crippen LogP contribution in [0, 0.1) is 12.8 Å². The van der Waals surface area contributed by atoms with Gasteiger partial charge in [-0.15, -0.1) is 11.3 Å². The zero-order valence-corrected chi connectivity index (χ0v) is 17.5. The number of nitrogens with one attached hydrogen (secondary N) is 1. The number of hydrogen-bond donors (Lipinski definition) is 1. The van der Waals surface area contributed by atoms with E-state index in [1.165, 1.54) is 23.3 Å². The van der Waals surface area contributed by atoms with Crippen LogP contribution in [-0.2, 0) is 22.4 Å². The average Bonchev–Trinajstić information content (AvgIpc) is 3.02. The number of anilines is 1. The average molecular weight is 402 g/mol. The molecule has 2 aromatic rings. The topological polar surface area (TPSA) is 64.6 Å². The molecular formula is C22H27NO4S. The first-order valence-electron chi connectivity index (χ1n) is 9.70. The maximum atomic E-state index is 12.4. The summed E-state index contributed by atoms with van der Waals surface area (Å²) in [5.74, 6) is 0.963. The van der Waals surface area contributed by atoms with Crippen molar-refractivity contribution in [2.45, 2.75) is 46.0 Å². The molecule has 0 spiro atoms. The van der Waals surface area contributed by atoms with E-state index >= 15 is 0 Å². The Bertz CT molecular complexity index is 858. The molecule has 28 heavy (non-hydrogen) atoms. The third-order valence-electron chi connectivity index (χ3n) is 5.05. The molecule has 3 rings (SSSR count). The number of rotatable bonds is 7. The van der Waals surface area contributed by atoms with Gasteiger partial charge in [0.25, 0.3) is 0 Å². The molecule has 1 heterocycles. The Morgan fingerprint density at radius 1 is 1.29 bits per heavy atom. The van der Waals surface area contributed by atoms with Gasteiger partial charge in [0.2, 0.25) is 5.91 Å². The van der Waals surface area contributed by atoms with Crippen LogP contribution in [0.5, 0.6) is 5.75 Å². The van der Waals surface area contributed by atoms with Crippen molar-refractivity contribution in [3.63, 3.8) is 0 Å². The van der Waals surface area contributed by atoms with Crippen LogP contribution in [-0.4, -0.2) is 25.6 Å². The summed E-state index contributed by atoms with van der Waals surface area (Å²) in [6.07, 6.45) is 3.81. The van der Waals surface area contributed by atoms with E-state index in [-0.39, 0.29) is 11.9 Å². The highest BCUT2D eigenvalue weighted by Gasteiger charge is 2.28. The monoisotopic (exact) mass is 401 g/mol. The second-order valence-electron chi connectivity index (χ2n) is 7.31. The van der Waals surface area contributed by atoms with Gasteiger partial charge in [-0.25, -0.2) is 4.79 Å². The first-order valence-corrected chi connectivity index (χ1v) is 10.5. The van der Waals surface area contributed by atoms with Gasteiger partial charge in [0.15, 0.2) is 0 Å². The Balaban J connectivity index is 1.59. The van der Waals surface area contributed by atoms with Crippen LogP contribution >= 0.6 is 11.3 Å². The van der Waals surface area contributed by atoms with Gasteiger partial charge in [-0.1, -0.05) is 25.1 Å². The van der Waals surface area contributed by atoms with Gasteiger partial charge in [0.1, 0.15) is 10.8 Å². The normalized spacial score (nSPS) is 15.6. The molecule has 1 amide bonds. The zero-order chi connectivity index (χ0) is 20.1. The number of methoxy groups -OCH3 is 1. The summed E-state index contributed by atoms with van der Waals surface area (Å²) < 4.78 is 10.7. The SMILES string of the molecule is COC(=O)c1c(NC(=O)CCCOc2ccccc2C)sc2c1CCC(C)C2. The van der Waals surface area contributed by atoms with E-state index in [2.05, 4.69) is 12.2 Å². The molecule has 1 aromatic carbocycles. The number of thiophene rings is 1. The molecule has 150 valence electrons. The zero-order valence-electron chi connectivity index (χ0n) is 16.7. The molecule has 1 unspecified atom stereocenters. The Labute approximate surface area is 170 Å². The fourth-order valence-corrected chi connectivity index (χ4v) is 4.89. The minimum atomic E-state index is -0.370. The Kier molecular flexibility index (Phi) is 6.73. The van der Waals surface area contributed by atoms with Gasteiger partial charge in [-0.3, -0.25) is 4.79 Å². The number of aryl methyl sites for hydroxylation is 1. The second kappa shape index (κ2) is 9.24. The fourth-order valence-electron chi connectivity index (χ4n) is 3.48. The van der Waals surface area contributed by atoms with E-state index in [0.717, 1.165) is 36.1 Å². The van der Waals surface area contributed by atoms with Crippen LogP contribution in [0.3, 0.4) is 0 Å². The van der Waals surface area contributed by atoms with Gasteiger partial charge in [0.05, 0.1) is 19.3 Å². The minimum Gasteiger partial charge on any atom is -0.493 e. The second-order valence-corrected chi connectivity index (χ2v) is 8.42. The van der Waals surface area contributed by atoms with Crippen LogP contribution in [0.4, 0.5) is 5.00 Å². The lowest BCUT2D eigenvalue weighted by Crippen LogP contribution is -2.16. The third kappa shape index (κ3) is 4.73. The fraction of sp³-hybridized carbons (Fsp3) is 0.455. The largest absolute Gasteiger partial charge is 0.493 e. The van der Waals surface area contributed by atoms with Crippen LogP contribution in [0.25, 0.3) is 0 Å². The smallest absolute Gasteiger partial charge is 0.341 e. The molecule has 0 saturated carbocycles. The number of carbonyl (C=O) groups excluding carboxylic acids is 2. The minimum absolute atomic E-state index is 0.106. The number of hydrogen-bond acceptors (Lipinski definition) is 5. The van der Waals surface area contributed by atoms with E-state index < -0.39 is 0 Å². The number of para-hydroxylation sites is 1. The summed E-state index contributed by atoms with van der Waals surface area (Å²) in [7, 11) is 1.38. The van der Waals surface area contributed by atoms with Gasteiger partial charge >= 0.3 is 5.97 Å². The number of ether oxygens (including phenoxy) is 2. The third-order valence-corrected chi connectivity index (χ3v) is 6.22. The molecule has 1 aromatic heterocycles. The van der Waals surface area contributed by atoms with Crippen molar-refractivity contribution >= 4 is 28.2 Å². The first kappa shape index (κ1) is 20.4. The summed E-state index contributed by atoms with van der Waals surface area (Å²) in [6.45, 7) is 4.68. The lowest BCUT2D eigenvalue weighted by molar-refractivity contribution is -0.116. The van der Waals surface area contributed by atoms with Crippen molar-refractivity contribution in [3.8, 4) is 5.75 Å². The number of amides is 1. The summed E-state index contributed by atoms with van der Waals surface area (Å²) in [4.78, 5) is 25.9. The highest BCUT2D eigenvalue weighted by molar-refractivity contribution is 7.17. The highest BCUT2D eigenvalue weighted by atomic mass is 32.1. The van der Waals surface area contributed by atoms with Crippen molar-refractivity contribution in [1.82, 2.24) is 0 Å². The molecule has 6 heteroatoms. The van der Waals surface area contributed by atoms with Crippen LogP contribution in [0.1, 0.15) is 52.5 Å². The van der Waals surface area contributed by atoms with Crippen LogP contribution < -0.4 is 10.1 Å². The van der Waals surface area contributed by atoms with E-state index in [9.17, 15) is 9.59 Å². The standard InChI is InChI=1S/C22H27NO4S/c1-14-10-11-16-18(13-14)28-21(20(16)22(25)26-3)23-19(24)9-6-12-27-17-8-5-4-7-15(17)2/h4-5,7-8,14H,6,9-13H2,1-3H3,(H,23,24). The van der Waals surface area contributed by atoms with Crippen molar-refractivity contribution in [3.05, 3.63) is 45.8 Å². The van der Waals surface area contributed by atoms with Crippen molar-refractivity contribution in [2.75, 3.05) is 19.0 Å². The quantitative estimate of drug-likeness (QED) is 0.536. The van der Waals surface area contributed by atoms with Crippen LogP contribution in [0.2, 0.25) is 0 Å². The first-order chi connectivity index (χ1) is 13.5. The summed E-state index contributed by atoms with van der Waals surface area (Å²) in [6, 6.07) is 7.82. The van der Waals surface area contributed by atoms with E-state index in [4.69, 9.17) is 9.47 Å². The van der Waals surface area contributed by atoms with Gasteiger partial charge in [0, 0.05) is 11.3 Å². The summed E-state index contributed by atoms with van der Waals surface area (Å²) in [5.41, 5.74) is 2.67. The van der Waals surface area contributed by atoms with Gasteiger partial charge in [-0.2, -0.15) is 0 Å². The predicted octanol–water partition coefficient (Wildman–Crippen LogP) is 4.77. The van der Waals surface area contributed by atoms with Crippen molar-refractivity contribution < 1.29 is 19.1 Å². The Hall–Kier alpha value is -2.34. The van der Waals surface area contributed by atoms with Crippen molar-refractivity contribution in [2.24, 2.45) is 5.92 Å².